The van der Waals surface area contributed by atoms with Crippen LogP contribution in [0.15, 0.2) is 33.3 Å². The van der Waals surface area contributed by atoms with Crippen LogP contribution in [0.25, 0.3) is 6.08 Å². The van der Waals surface area contributed by atoms with E-state index < -0.39 is 0 Å². The highest BCUT2D eigenvalue weighted by molar-refractivity contribution is 7.99. The number of thioether (sulfide) groups is 1. The van der Waals surface area contributed by atoms with Gasteiger partial charge in [-0.25, -0.2) is 4.79 Å². The van der Waals surface area contributed by atoms with Gasteiger partial charge in [0.05, 0.1) is 17.9 Å². The SMILES string of the molecule is CCOC(=O)/C(=C\c1cccs1)C1=Nn2c(nnc2C2CCCCC2)SC1. The summed E-state index contributed by atoms with van der Waals surface area (Å²) in [7, 11) is 0. The molecule has 0 atom stereocenters. The van der Waals surface area contributed by atoms with Crippen molar-refractivity contribution in [3.05, 3.63) is 33.8 Å². The first-order valence-corrected chi connectivity index (χ1v) is 11.2. The molecule has 0 saturated heterocycles. The molecule has 8 heteroatoms. The average molecular weight is 403 g/mol. The highest BCUT2D eigenvalue weighted by atomic mass is 32.2. The molecule has 0 bridgehead atoms. The summed E-state index contributed by atoms with van der Waals surface area (Å²) >= 11 is 3.16. The van der Waals surface area contributed by atoms with E-state index in [2.05, 4.69) is 10.2 Å². The Morgan fingerprint density at radius 3 is 2.93 bits per heavy atom. The molecular weight excluding hydrogens is 380 g/mol. The van der Waals surface area contributed by atoms with Crippen LogP contribution >= 0.6 is 23.1 Å². The van der Waals surface area contributed by atoms with Crippen molar-refractivity contribution in [2.45, 2.75) is 50.1 Å². The van der Waals surface area contributed by atoms with Gasteiger partial charge in [0.1, 0.15) is 0 Å². The monoisotopic (exact) mass is 402 g/mol. The van der Waals surface area contributed by atoms with Crippen LogP contribution in [0.5, 0.6) is 0 Å². The molecule has 1 aliphatic carbocycles. The fourth-order valence-corrected chi connectivity index (χ4v) is 4.97. The predicted octanol–water partition coefficient (Wildman–Crippen LogP) is 4.34. The molecule has 0 radical (unpaired) electrons. The summed E-state index contributed by atoms with van der Waals surface area (Å²) in [4.78, 5) is 13.6. The van der Waals surface area contributed by atoms with Crippen LogP contribution in [0, 0.1) is 0 Å². The molecule has 1 saturated carbocycles. The van der Waals surface area contributed by atoms with Crippen molar-refractivity contribution in [3.63, 3.8) is 0 Å². The second-order valence-electron chi connectivity index (χ2n) is 6.62. The van der Waals surface area contributed by atoms with E-state index in [1.807, 2.05) is 35.2 Å². The van der Waals surface area contributed by atoms with E-state index in [-0.39, 0.29) is 5.97 Å². The maximum atomic E-state index is 12.6. The predicted molar refractivity (Wildman–Crippen MR) is 108 cm³/mol. The summed E-state index contributed by atoms with van der Waals surface area (Å²) in [6.07, 6.45) is 7.87. The number of fused-ring (bicyclic) bond motifs is 1. The molecule has 2 aliphatic rings. The van der Waals surface area contributed by atoms with Crippen LogP contribution in [0.1, 0.15) is 55.6 Å². The normalized spacial score (nSPS) is 18.1. The van der Waals surface area contributed by atoms with Crippen LogP contribution in [0.3, 0.4) is 0 Å². The number of nitrogens with zero attached hydrogens (tertiary/aromatic N) is 4. The summed E-state index contributed by atoms with van der Waals surface area (Å²) in [5, 5.41) is 16.3. The topological polar surface area (TPSA) is 69.4 Å². The lowest BCUT2D eigenvalue weighted by Gasteiger charge is -2.22. The standard InChI is InChI=1S/C19H22N4O2S2/c1-2-25-18(24)15(11-14-9-6-10-26-14)16-12-27-19-21-20-17(23(19)22-16)13-7-4-3-5-8-13/h6,9-11,13H,2-5,7-8,12H2,1H3/b15-11-. The minimum absolute atomic E-state index is 0.332. The van der Waals surface area contributed by atoms with Gasteiger partial charge in [-0.2, -0.15) is 9.78 Å². The molecule has 1 fully saturated rings. The van der Waals surface area contributed by atoms with Crippen molar-refractivity contribution >= 4 is 40.9 Å². The van der Waals surface area contributed by atoms with Gasteiger partial charge in [-0.1, -0.05) is 37.1 Å². The van der Waals surface area contributed by atoms with E-state index in [1.165, 1.54) is 19.3 Å². The smallest absolute Gasteiger partial charge is 0.340 e. The number of hydrogen-bond donors (Lipinski definition) is 0. The molecule has 0 unspecified atom stereocenters. The molecule has 27 heavy (non-hydrogen) atoms. The molecule has 142 valence electrons. The number of esters is 1. The van der Waals surface area contributed by atoms with E-state index >= 15 is 0 Å². The molecule has 0 spiro atoms. The first-order valence-electron chi connectivity index (χ1n) is 9.35. The van der Waals surface area contributed by atoms with Crippen molar-refractivity contribution < 1.29 is 9.53 Å². The van der Waals surface area contributed by atoms with E-state index in [0.29, 0.717) is 23.9 Å². The Bertz CT molecular complexity index is 864. The largest absolute Gasteiger partial charge is 0.462 e. The quantitative estimate of drug-likeness (QED) is 0.549. The summed E-state index contributed by atoms with van der Waals surface area (Å²) in [6, 6.07) is 3.95. The third kappa shape index (κ3) is 4.01. The molecule has 3 heterocycles. The summed E-state index contributed by atoms with van der Waals surface area (Å²) in [5.41, 5.74) is 1.23. The van der Waals surface area contributed by atoms with Crippen molar-refractivity contribution in [2.75, 3.05) is 12.4 Å². The molecular formula is C19H22N4O2S2. The van der Waals surface area contributed by atoms with Crippen molar-refractivity contribution in [2.24, 2.45) is 5.10 Å². The molecule has 1 aliphatic heterocycles. The Kier molecular flexibility index (Phi) is 5.73. The molecule has 0 aromatic carbocycles. The lowest BCUT2D eigenvalue weighted by Crippen LogP contribution is -2.22. The lowest BCUT2D eigenvalue weighted by molar-refractivity contribution is -0.137. The number of aromatic nitrogens is 3. The summed E-state index contributed by atoms with van der Waals surface area (Å²) in [5.74, 6) is 1.57. The molecule has 2 aromatic rings. The second kappa shape index (κ2) is 8.39. The zero-order valence-corrected chi connectivity index (χ0v) is 16.9. The van der Waals surface area contributed by atoms with Crippen LogP contribution in [-0.4, -0.2) is 38.9 Å². The Labute approximate surface area is 166 Å². The molecule has 6 nitrogen and oxygen atoms in total. The molecule has 2 aromatic heterocycles. The number of rotatable bonds is 5. The van der Waals surface area contributed by atoms with Gasteiger partial charge in [0.25, 0.3) is 0 Å². The summed E-state index contributed by atoms with van der Waals surface area (Å²) in [6.45, 7) is 2.16. The first-order chi connectivity index (χ1) is 13.3. The van der Waals surface area contributed by atoms with Crippen LogP contribution in [0.4, 0.5) is 0 Å². The highest BCUT2D eigenvalue weighted by Crippen LogP contribution is 2.35. The van der Waals surface area contributed by atoms with Gasteiger partial charge in [0.15, 0.2) is 5.82 Å². The zero-order chi connectivity index (χ0) is 18.6. The van der Waals surface area contributed by atoms with E-state index in [9.17, 15) is 4.79 Å². The third-order valence-electron chi connectivity index (χ3n) is 4.80. The van der Waals surface area contributed by atoms with Gasteiger partial charge in [0.2, 0.25) is 5.16 Å². The van der Waals surface area contributed by atoms with Gasteiger partial charge in [-0.3, -0.25) is 0 Å². The van der Waals surface area contributed by atoms with Gasteiger partial charge in [-0.15, -0.1) is 21.5 Å². The van der Waals surface area contributed by atoms with Crippen molar-refractivity contribution in [1.29, 1.82) is 0 Å². The first kappa shape index (κ1) is 18.4. The van der Waals surface area contributed by atoms with Gasteiger partial charge in [-0.05, 0) is 37.3 Å². The maximum Gasteiger partial charge on any atom is 0.340 e. The Morgan fingerprint density at radius 1 is 1.33 bits per heavy atom. The van der Waals surface area contributed by atoms with Crippen LogP contribution in [0.2, 0.25) is 0 Å². The maximum absolute atomic E-state index is 12.6. The zero-order valence-electron chi connectivity index (χ0n) is 15.3. The third-order valence-corrected chi connectivity index (χ3v) is 6.55. The number of carbonyl (C=O) groups is 1. The van der Waals surface area contributed by atoms with E-state index in [0.717, 1.165) is 34.4 Å². The second-order valence-corrected chi connectivity index (χ2v) is 8.54. The number of carbonyl (C=O) groups excluding carboxylic acids is 1. The van der Waals surface area contributed by atoms with Gasteiger partial charge in [0, 0.05) is 16.5 Å². The Hall–Kier alpha value is -1.93. The average Bonchev–Trinajstić information content (AvgIpc) is 3.36. The van der Waals surface area contributed by atoms with Gasteiger partial charge < -0.3 is 4.74 Å². The number of thiophene rings is 1. The fourth-order valence-electron chi connectivity index (χ4n) is 3.47. The minimum atomic E-state index is -0.332. The van der Waals surface area contributed by atoms with Crippen LogP contribution < -0.4 is 0 Å². The molecule has 0 N–H and O–H groups in total. The number of ether oxygens (including phenoxy) is 1. The number of hydrogen-bond acceptors (Lipinski definition) is 7. The fraction of sp³-hybridized carbons (Fsp3) is 0.474. The Morgan fingerprint density at radius 2 is 2.19 bits per heavy atom. The van der Waals surface area contributed by atoms with Crippen molar-refractivity contribution in [3.8, 4) is 0 Å². The van der Waals surface area contributed by atoms with Crippen LogP contribution in [-0.2, 0) is 9.53 Å². The lowest BCUT2D eigenvalue weighted by atomic mass is 9.89. The Balaban J connectivity index is 1.70. The van der Waals surface area contributed by atoms with E-state index in [1.54, 1.807) is 23.1 Å². The summed E-state index contributed by atoms with van der Waals surface area (Å²) < 4.78 is 7.14. The minimum Gasteiger partial charge on any atom is -0.462 e. The van der Waals surface area contributed by atoms with Gasteiger partial charge >= 0.3 is 5.97 Å². The molecule has 0 amide bonds. The highest BCUT2D eigenvalue weighted by Gasteiger charge is 2.28. The van der Waals surface area contributed by atoms with Crippen molar-refractivity contribution in [1.82, 2.24) is 14.9 Å². The molecule has 4 rings (SSSR count). The van der Waals surface area contributed by atoms with E-state index in [4.69, 9.17) is 9.84 Å².